The van der Waals surface area contributed by atoms with Gasteiger partial charge in [-0.25, -0.2) is 0 Å². The highest BCUT2D eigenvalue weighted by molar-refractivity contribution is 7.99. The van der Waals surface area contributed by atoms with Crippen LogP contribution in [0.2, 0.25) is 0 Å². The number of rotatable bonds is 7. The molecule has 0 saturated heterocycles. The number of para-hydroxylation sites is 2. The molecule has 0 aliphatic rings. The molecule has 25 heavy (non-hydrogen) atoms. The number of nitro benzene ring substituents is 1. The Hall–Kier alpha value is -2.87. The molecule has 1 heterocycles. The van der Waals surface area contributed by atoms with Crippen LogP contribution in [0, 0.1) is 17.0 Å². The summed E-state index contributed by atoms with van der Waals surface area (Å²) in [5, 5.41) is 19.4. The molecule has 0 aliphatic carbocycles. The van der Waals surface area contributed by atoms with Crippen LogP contribution in [-0.2, 0) is 0 Å². The maximum absolute atomic E-state index is 10.9. The lowest BCUT2D eigenvalue weighted by Gasteiger charge is -2.05. The number of nitro groups is 1. The molecule has 0 amide bonds. The molecule has 3 aromatic rings. The molecule has 0 spiro atoms. The van der Waals surface area contributed by atoms with E-state index in [1.54, 1.807) is 18.2 Å². The van der Waals surface area contributed by atoms with E-state index >= 15 is 0 Å². The molecule has 128 valence electrons. The first-order valence-corrected chi connectivity index (χ1v) is 8.52. The van der Waals surface area contributed by atoms with E-state index in [0.717, 1.165) is 11.1 Å². The zero-order valence-electron chi connectivity index (χ0n) is 13.4. The highest BCUT2D eigenvalue weighted by Gasteiger charge is 2.14. The fourth-order valence-corrected chi connectivity index (χ4v) is 2.78. The number of hydrogen-bond donors (Lipinski definition) is 0. The zero-order valence-corrected chi connectivity index (χ0v) is 14.2. The quantitative estimate of drug-likeness (QED) is 0.272. The first-order valence-electron chi connectivity index (χ1n) is 7.53. The molecular formula is C17H15N3O4S. The first kappa shape index (κ1) is 17.0. The molecule has 0 atom stereocenters. The Balaban J connectivity index is 1.56. The highest BCUT2D eigenvalue weighted by Crippen LogP contribution is 2.27. The highest BCUT2D eigenvalue weighted by atomic mass is 32.2. The van der Waals surface area contributed by atoms with Crippen molar-refractivity contribution in [3.8, 4) is 17.2 Å². The summed E-state index contributed by atoms with van der Waals surface area (Å²) < 4.78 is 11.1. The van der Waals surface area contributed by atoms with E-state index in [1.807, 2.05) is 31.2 Å². The van der Waals surface area contributed by atoms with Gasteiger partial charge in [-0.2, -0.15) is 0 Å². The molecule has 0 N–H and O–H groups in total. The SMILES string of the molecule is Cc1ccccc1-c1nnc(SCCOc2ccccc2[N+](=O)[O-])o1. The number of benzene rings is 2. The number of nitrogens with zero attached hydrogens (tertiary/aromatic N) is 3. The maximum atomic E-state index is 10.9. The largest absolute Gasteiger partial charge is 0.486 e. The van der Waals surface area contributed by atoms with Crippen LogP contribution < -0.4 is 4.74 Å². The van der Waals surface area contributed by atoms with Gasteiger partial charge in [0, 0.05) is 17.4 Å². The molecule has 1 aromatic heterocycles. The van der Waals surface area contributed by atoms with Crippen LogP contribution in [0.25, 0.3) is 11.5 Å². The Morgan fingerprint density at radius 3 is 2.72 bits per heavy atom. The van der Waals surface area contributed by atoms with Crippen LogP contribution in [0.5, 0.6) is 5.75 Å². The molecule has 7 nitrogen and oxygen atoms in total. The lowest BCUT2D eigenvalue weighted by molar-refractivity contribution is -0.385. The van der Waals surface area contributed by atoms with Gasteiger partial charge < -0.3 is 9.15 Å². The van der Waals surface area contributed by atoms with Gasteiger partial charge in [0.2, 0.25) is 5.89 Å². The van der Waals surface area contributed by atoms with Crippen molar-refractivity contribution in [2.45, 2.75) is 12.1 Å². The molecule has 0 fully saturated rings. The van der Waals surface area contributed by atoms with E-state index in [4.69, 9.17) is 9.15 Å². The number of aromatic nitrogens is 2. The summed E-state index contributed by atoms with van der Waals surface area (Å²) in [6.07, 6.45) is 0. The van der Waals surface area contributed by atoms with E-state index in [-0.39, 0.29) is 18.0 Å². The van der Waals surface area contributed by atoms with E-state index in [1.165, 1.54) is 17.8 Å². The van der Waals surface area contributed by atoms with Gasteiger partial charge in [-0.05, 0) is 24.6 Å². The van der Waals surface area contributed by atoms with Gasteiger partial charge in [0.05, 0.1) is 11.5 Å². The van der Waals surface area contributed by atoms with Crippen molar-refractivity contribution in [2.75, 3.05) is 12.4 Å². The Labute approximate surface area is 148 Å². The minimum Gasteiger partial charge on any atom is -0.486 e. The molecule has 0 saturated carbocycles. The van der Waals surface area contributed by atoms with Gasteiger partial charge in [-0.1, -0.05) is 42.1 Å². The second kappa shape index (κ2) is 7.80. The van der Waals surface area contributed by atoms with Gasteiger partial charge in [0.1, 0.15) is 0 Å². The van der Waals surface area contributed by atoms with Crippen LogP contribution in [0.3, 0.4) is 0 Å². The van der Waals surface area contributed by atoms with Crippen molar-refractivity contribution in [1.29, 1.82) is 0 Å². The van der Waals surface area contributed by atoms with Crippen molar-refractivity contribution in [3.63, 3.8) is 0 Å². The van der Waals surface area contributed by atoms with Gasteiger partial charge in [-0.15, -0.1) is 10.2 Å². The average Bonchev–Trinajstić information content (AvgIpc) is 3.08. The maximum Gasteiger partial charge on any atom is 0.310 e. The number of ether oxygens (including phenoxy) is 1. The molecule has 3 rings (SSSR count). The molecule has 0 unspecified atom stereocenters. The molecular weight excluding hydrogens is 342 g/mol. The van der Waals surface area contributed by atoms with Crippen molar-refractivity contribution in [2.24, 2.45) is 0 Å². The fraction of sp³-hybridized carbons (Fsp3) is 0.176. The Morgan fingerprint density at radius 2 is 1.92 bits per heavy atom. The first-order chi connectivity index (χ1) is 12.1. The molecule has 2 aromatic carbocycles. The standard InChI is InChI=1S/C17H15N3O4S/c1-12-6-2-3-7-13(12)16-18-19-17(24-16)25-11-10-23-15-9-5-4-8-14(15)20(21)22/h2-9H,10-11H2,1H3. The molecule has 0 bridgehead atoms. The van der Waals surface area contributed by atoms with Gasteiger partial charge in [0.15, 0.2) is 5.75 Å². The second-order valence-corrected chi connectivity index (χ2v) is 6.16. The summed E-state index contributed by atoms with van der Waals surface area (Å²) in [5.74, 6) is 1.25. The average molecular weight is 357 g/mol. The lowest BCUT2D eigenvalue weighted by Crippen LogP contribution is -2.02. The van der Waals surface area contributed by atoms with Gasteiger partial charge in [0.25, 0.3) is 5.22 Å². The topological polar surface area (TPSA) is 91.3 Å². The number of hydrogen-bond acceptors (Lipinski definition) is 7. The van der Waals surface area contributed by atoms with Crippen molar-refractivity contribution < 1.29 is 14.1 Å². The summed E-state index contributed by atoms with van der Waals surface area (Å²) in [5.41, 5.74) is 1.91. The normalized spacial score (nSPS) is 10.6. The van der Waals surface area contributed by atoms with Crippen molar-refractivity contribution in [1.82, 2.24) is 10.2 Å². The summed E-state index contributed by atoms with van der Waals surface area (Å²) in [7, 11) is 0. The van der Waals surface area contributed by atoms with E-state index in [2.05, 4.69) is 10.2 Å². The molecule has 8 heteroatoms. The minimum absolute atomic E-state index is 0.0490. The smallest absolute Gasteiger partial charge is 0.310 e. The van der Waals surface area contributed by atoms with Gasteiger partial charge in [-0.3, -0.25) is 10.1 Å². The predicted octanol–water partition coefficient (Wildman–Crippen LogP) is 4.12. The summed E-state index contributed by atoms with van der Waals surface area (Å²) in [4.78, 5) is 10.5. The lowest BCUT2D eigenvalue weighted by atomic mass is 10.1. The van der Waals surface area contributed by atoms with Crippen LogP contribution in [0.4, 0.5) is 5.69 Å². The van der Waals surface area contributed by atoms with Crippen LogP contribution >= 0.6 is 11.8 Å². The minimum atomic E-state index is -0.463. The summed E-state index contributed by atoms with van der Waals surface area (Å²) in [6, 6.07) is 14.1. The molecule has 0 aliphatic heterocycles. The number of aryl methyl sites for hydroxylation is 1. The number of thioether (sulfide) groups is 1. The fourth-order valence-electron chi connectivity index (χ4n) is 2.20. The van der Waals surface area contributed by atoms with E-state index in [9.17, 15) is 10.1 Å². The zero-order chi connectivity index (χ0) is 17.6. The van der Waals surface area contributed by atoms with Crippen LogP contribution in [0.1, 0.15) is 5.56 Å². The summed E-state index contributed by atoms with van der Waals surface area (Å²) in [6.45, 7) is 2.27. The Kier molecular flexibility index (Phi) is 5.30. The Morgan fingerprint density at radius 1 is 1.16 bits per heavy atom. The van der Waals surface area contributed by atoms with Crippen LogP contribution in [0.15, 0.2) is 58.2 Å². The Bertz CT molecular complexity index is 882. The third kappa shape index (κ3) is 4.16. The molecule has 0 radical (unpaired) electrons. The van der Waals surface area contributed by atoms with E-state index < -0.39 is 4.92 Å². The third-order valence-electron chi connectivity index (χ3n) is 3.41. The predicted molar refractivity (Wildman–Crippen MR) is 93.8 cm³/mol. The summed E-state index contributed by atoms with van der Waals surface area (Å²) >= 11 is 1.34. The van der Waals surface area contributed by atoms with E-state index in [0.29, 0.717) is 16.9 Å². The van der Waals surface area contributed by atoms with Crippen molar-refractivity contribution in [3.05, 3.63) is 64.2 Å². The van der Waals surface area contributed by atoms with Gasteiger partial charge >= 0.3 is 5.69 Å². The van der Waals surface area contributed by atoms with Crippen molar-refractivity contribution >= 4 is 17.4 Å². The second-order valence-electron chi connectivity index (χ2n) is 5.11. The van der Waals surface area contributed by atoms with Crippen LogP contribution in [-0.4, -0.2) is 27.5 Å². The monoisotopic (exact) mass is 357 g/mol. The third-order valence-corrected chi connectivity index (χ3v) is 4.19.